The van der Waals surface area contributed by atoms with E-state index in [9.17, 15) is 9.59 Å². The minimum Gasteiger partial charge on any atom is -0.347 e. The Balaban J connectivity index is 2.03. The molecule has 1 atom stereocenters. The summed E-state index contributed by atoms with van der Waals surface area (Å²) in [6, 6.07) is 14.4. The van der Waals surface area contributed by atoms with Gasteiger partial charge in [0.2, 0.25) is 5.56 Å². The predicted octanol–water partition coefficient (Wildman–Crippen LogP) is 2.11. The zero-order valence-electron chi connectivity index (χ0n) is 10.8. The number of benzene rings is 1. The largest absolute Gasteiger partial charge is 0.347 e. The molecule has 0 fully saturated rings. The van der Waals surface area contributed by atoms with Crippen LogP contribution < -0.4 is 10.9 Å². The average Bonchev–Trinajstić information content (AvgIpc) is 2.47. The highest BCUT2D eigenvalue weighted by molar-refractivity contribution is 9.09. The van der Waals surface area contributed by atoms with Crippen molar-refractivity contribution in [2.75, 3.05) is 5.33 Å². The van der Waals surface area contributed by atoms with Crippen LogP contribution >= 0.6 is 15.9 Å². The van der Waals surface area contributed by atoms with Gasteiger partial charge in [-0.1, -0.05) is 52.3 Å². The van der Waals surface area contributed by atoms with Crippen molar-refractivity contribution >= 4 is 21.8 Å². The van der Waals surface area contributed by atoms with E-state index in [4.69, 9.17) is 0 Å². The molecule has 104 valence electrons. The maximum atomic E-state index is 12.1. The van der Waals surface area contributed by atoms with Gasteiger partial charge in [-0.05, 0) is 18.1 Å². The molecule has 4 nitrogen and oxygen atoms in total. The fourth-order valence-electron chi connectivity index (χ4n) is 1.89. The molecule has 0 saturated carbocycles. The number of hydrogen-bond acceptors (Lipinski definition) is 2. The van der Waals surface area contributed by atoms with Crippen molar-refractivity contribution in [3.8, 4) is 0 Å². The second-order valence-electron chi connectivity index (χ2n) is 4.44. The lowest BCUT2D eigenvalue weighted by atomic mass is 10.1. The van der Waals surface area contributed by atoms with Crippen LogP contribution in [0.1, 0.15) is 16.1 Å². The number of H-pyrrole nitrogens is 1. The number of aromatic nitrogens is 1. The topological polar surface area (TPSA) is 62.0 Å². The molecule has 1 aromatic heterocycles. The molecule has 1 unspecified atom stereocenters. The molecule has 2 N–H and O–H groups in total. The summed E-state index contributed by atoms with van der Waals surface area (Å²) in [4.78, 5) is 25.8. The molecule has 0 radical (unpaired) electrons. The van der Waals surface area contributed by atoms with E-state index in [0.717, 1.165) is 12.0 Å². The summed E-state index contributed by atoms with van der Waals surface area (Å²) in [6.45, 7) is 0. The van der Waals surface area contributed by atoms with Gasteiger partial charge in [0.25, 0.3) is 5.91 Å². The standard InChI is InChI=1S/C15H15BrN2O2/c16-10-12(9-11-5-2-1-3-6-11)17-15(20)13-7-4-8-14(19)18-13/h1-8,12H,9-10H2,(H,17,20)(H,18,19). The van der Waals surface area contributed by atoms with Crippen molar-refractivity contribution in [1.29, 1.82) is 0 Å². The first kappa shape index (κ1) is 14.5. The fraction of sp³-hybridized carbons (Fsp3) is 0.200. The predicted molar refractivity (Wildman–Crippen MR) is 82.3 cm³/mol. The van der Waals surface area contributed by atoms with E-state index in [0.29, 0.717) is 5.33 Å². The number of carbonyl (C=O) groups excluding carboxylic acids is 1. The molecule has 0 bridgehead atoms. The van der Waals surface area contributed by atoms with E-state index in [1.807, 2.05) is 30.3 Å². The smallest absolute Gasteiger partial charge is 0.268 e. The van der Waals surface area contributed by atoms with Gasteiger partial charge in [0, 0.05) is 17.4 Å². The van der Waals surface area contributed by atoms with Crippen LogP contribution in [-0.2, 0) is 6.42 Å². The van der Waals surface area contributed by atoms with Crippen molar-refractivity contribution in [3.05, 3.63) is 70.1 Å². The Labute approximate surface area is 125 Å². The van der Waals surface area contributed by atoms with E-state index in [1.165, 1.54) is 6.07 Å². The molecule has 2 rings (SSSR count). The van der Waals surface area contributed by atoms with Crippen LogP contribution in [-0.4, -0.2) is 22.3 Å². The highest BCUT2D eigenvalue weighted by Crippen LogP contribution is 2.06. The molecule has 1 amide bonds. The first-order valence-electron chi connectivity index (χ1n) is 6.29. The first-order chi connectivity index (χ1) is 9.69. The number of alkyl halides is 1. The molecular weight excluding hydrogens is 320 g/mol. The van der Waals surface area contributed by atoms with Gasteiger partial charge in [-0.25, -0.2) is 0 Å². The van der Waals surface area contributed by atoms with Crippen LogP contribution in [0.2, 0.25) is 0 Å². The van der Waals surface area contributed by atoms with E-state index in [2.05, 4.69) is 26.2 Å². The molecule has 0 saturated heterocycles. The van der Waals surface area contributed by atoms with Crippen LogP contribution in [0.3, 0.4) is 0 Å². The normalized spacial score (nSPS) is 11.8. The van der Waals surface area contributed by atoms with Gasteiger partial charge in [-0.2, -0.15) is 0 Å². The lowest BCUT2D eigenvalue weighted by Crippen LogP contribution is -2.38. The molecular formula is C15H15BrN2O2. The summed E-state index contributed by atoms with van der Waals surface area (Å²) in [6.07, 6.45) is 0.731. The zero-order chi connectivity index (χ0) is 14.4. The molecule has 20 heavy (non-hydrogen) atoms. The Morgan fingerprint density at radius 1 is 1.15 bits per heavy atom. The van der Waals surface area contributed by atoms with Gasteiger partial charge in [0.15, 0.2) is 0 Å². The lowest BCUT2D eigenvalue weighted by Gasteiger charge is -2.16. The van der Waals surface area contributed by atoms with Crippen LogP contribution in [0.4, 0.5) is 0 Å². The first-order valence-corrected chi connectivity index (χ1v) is 7.41. The van der Waals surface area contributed by atoms with Gasteiger partial charge < -0.3 is 10.3 Å². The lowest BCUT2D eigenvalue weighted by molar-refractivity contribution is 0.0935. The third-order valence-electron chi connectivity index (χ3n) is 2.86. The Morgan fingerprint density at radius 2 is 1.90 bits per heavy atom. The number of rotatable bonds is 5. The minimum absolute atomic E-state index is 0.0337. The number of hydrogen-bond donors (Lipinski definition) is 2. The monoisotopic (exact) mass is 334 g/mol. The summed E-state index contributed by atoms with van der Waals surface area (Å²) in [5.41, 5.74) is 1.14. The van der Waals surface area contributed by atoms with Crippen molar-refractivity contribution < 1.29 is 4.79 Å². The van der Waals surface area contributed by atoms with Crippen molar-refractivity contribution in [2.24, 2.45) is 0 Å². The minimum atomic E-state index is -0.281. The summed E-state index contributed by atoms with van der Waals surface area (Å²) in [7, 11) is 0. The molecule has 0 spiro atoms. The van der Waals surface area contributed by atoms with E-state index >= 15 is 0 Å². The Bertz CT molecular complexity index is 625. The number of pyridine rings is 1. The number of amides is 1. The molecule has 2 aromatic rings. The second-order valence-corrected chi connectivity index (χ2v) is 5.09. The van der Waals surface area contributed by atoms with Crippen molar-refractivity contribution in [1.82, 2.24) is 10.3 Å². The maximum absolute atomic E-state index is 12.1. The number of nitrogens with one attached hydrogen (secondary N) is 2. The van der Waals surface area contributed by atoms with Gasteiger partial charge in [0.05, 0.1) is 0 Å². The Morgan fingerprint density at radius 3 is 2.55 bits per heavy atom. The van der Waals surface area contributed by atoms with Gasteiger partial charge in [-0.15, -0.1) is 0 Å². The van der Waals surface area contributed by atoms with Gasteiger partial charge in [-0.3, -0.25) is 9.59 Å². The summed E-state index contributed by atoms with van der Waals surface area (Å²) < 4.78 is 0. The molecule has 0 aliphatic rings. The van der Waals surface area contributed by atoms with Crippen LogP contribution in [0.5, 0.6) is 0 Å². The van der Waals surface area contributed by atoms with E-state index in [1.54, 1.807) is 12.1 Å². The third-order valence-corrected chi connectivity index (χ3v) is 3.64. The Kier molecular flexibility index (Phi) is 5.12. The van der Waals surface area contributed by atoms with E-state index < -0.39 is 0 Å². The Hall–Kier alpha value is -1.88. The summed E-state index contributed by atoms with van der Waals surface area (Å²) >= 11 is 3.40. The molecule has 1 aromatic carbocycles. The number of aromatic amines is 1. The van der Waals surface area contributed by atoms with Gasteiger partial charge in [0.1, 0.15) is 5.69 Å². The van der Waals surface area contributed by atoms with Crippen molar-refractivity contribution in [2.45, 2.75) is 12.5 Å². The van der Waals surface area contributed by atoms with Crippen LogP contribution in [0.25, 0.3) is 0 Å². The fourth-order valence-corrected chi connectivity index (χ4v) is 2.28. The van der Waals surface area contributed by atoms with Crippen LogP contribution in [0.15, 0.2) is 53.3 Å². The average molecular weight is 335 g/mol. The summed E-state index contributed by atoms with van der Waals surface area (Å²) in [5, 5.41) is 3.55. The zero-order valence-corrected chi connectivity index (χ0v) is 12.4. The summed E-state index contributed by atoms with van der Waals surface area (Å²) in [5.74, 6) is -0.275. The SMILES string of the molecule is O=C(NC(CBr)Cc1ccccc1)c1cccc(=O)[nH]1. The number of carbonyl (C=O) groups is 1. The second kappa shape index (κ2) is 7.05. The molecule has 0 aliphatic carbocycles. The van der Waals surface area contributed by atoms with E-state index in [-0.39, 0.29) is 23.2 Å². The highest BCUT2D eigenvalue weighted by atomic mass is 79.9. The highest BCUT2D eigenvalue weighted by Gasteiger charge is 2.13. The third kappa shape index (κ3) is 4.06. The quantitative estimate of drug-likeness (QED) is 0.822. The molecule has 1 heterocycles. The van der Waals surface area contributed by atoms with Gasteiger partial charge >= 0.3 is 0 Å². The maximum Gasteiger partial charge on any atom is 0.268 e. The van der Waals surface area contributed by atoms with Crippen molar-refractivity contribution in [3.63, 3.8) is 0 Å². The van der Waals surface area contributed by atoms with Crippen LogP contribution in [0, 0.1) is 0 Å². The number of halogens is 1. The molecule has 5 heteroatoms. The molecule has 0 aliphatic heterocycles.